The lowest BCUT2D eigenvalue weighted by Gasteiger charge is -2.32. The number of aliphatic hydroxyl groups is 1. The highest BCUT2D eigenvalue weighted by atomic mass is 16.3. The van der Waals surface area contributed by atoms with Crippen molar-refractivity contribution in [3.05, 3.63) is 35.9 Å². The second-order valence-corrected chi connectivity index (χ2v) is 8.45. The molecule has 2 N–H and O–H groups in total. The summed E-state index contributed by atoms with van der Waals surface area (Å²) in [6.07, 6.45) is 2.35. The van der Waals surface area contributed by atoms with Crippen LogP contribution in [0.1, 0.15) is 24.8 Å². The fourth-order valence-electron chi connectivity index (χ4n) is 4.42. The number of aliphatic hydroxyl groups excluding tert-OH is 1. The van der Waals surface area contributed by atoms with Gasteiger partial charge in [0.15, 0.2) is 0 Å². The Kier molecular flexibility index (Phi) is 7.85. The summed E-state index contributed by atoms with van der Waals surface area (Å²) in [5, 5.41) is 12.7. The molecule has 0 saturated carbocycles. The first-order valence-electron chi connectivity index (χ1n) is 10.7. The number of hydrogen-bond donors (Lipinski definition) is 2. The molecule has 2 aliphatic heterocycles. The third kappa shape index (κ3) is 5.77. The molecule has 2 heterocycles. The van der Waals surface area contributed by atoms with Gasteiger partial charge in [-0.05, 0) is 45.0 Å². The van der Waals surface area contributed by atoms with Crippen LogP contribution in [0.2, 0.25) is 0 Å². The quantitative estimate of drug-likeness (QED) is 0.619. The topological polar surface area (TPSA) is 59.1 Å². The molecule has 2 fully saturated rings. The Hall–Kier alpha value is -1.47. The molecule has 0 aromatic heterocycles. The Balaban J connectivity index is 1.44. The average molecular weight is 389 g/mol. The molecule has 0 bridgehead atoms. The van der Waals surface area contributed by atoms with Gasteiger partial charge in [-0.15, -0.1) is 0 Å². The Morgan fingerprint density at radius 1 is 1.11 bits per heavy atom. The zero-order valence-electron chi connectivity index (χ0n) is 17.3. The number of nitrogens with zero attached hydrogens (tertiary/aromatic N) is 3. The van der Waals surface area contributed by atoms with Crippen LogP contribution >= 0.6 is 0 Å². The van der Waals surface area contributed by atoms with Crippen LogP contribution in [-0.4, -0.2) is 91.7 Å². The molecule has 28 heavy (non-hydrogen) atoms. The van der Waals surface area contributed by atoms with E-state index in [0.717, 1.165) is 71.7 Å². The third-order valence-corrected chi connectivity index (χ3v) is 6.29. The minimum Gasteiger partial charge on any atom is -0.396 e. The average Bonchev–Trinajstić information content (AvgIpc) is 3.11. The van der Waals surface area contributed by atoms with E-state index in [2.05, 4.69) is 51.3 Å². The van der Waals surface area contributed by atoms with Gasteiger partial charge >= 0.3 is 0 Å². The Morgan fingerprint density at radius 2 is 1.86 bits per heavy atom. The summed E-state index contributed by atoms with van der Waals surface area (Å²) in [6.45, 7) is 8.82. The van der Waals surface area contributed by atoms with Crippen LogP contribution in [0.4, 0.5) is 0 Å². The summed E-state index contributed by atoms with van der Waals surface area (Å²) in [5.74, 6) is 0.121. The number of likely N-dealkylation sites (tertiary alicyclic amines) is 1. The monoisotopic (exact) mass is 388 g/mol. The summed E-state index contributed by atoms with van der Waals surface area (Å²) in [7, 11) is 2.17. The molecule has 1 aromatic rings. The van der Waals surface area contributed by atoms with Gasteiger partial charge in [-0.25, -0.2) is 0 Å². The summed E-state index contributed by atoms with van der Waals surface area (Å²) < 4.78 is 0. The molecule has 0 aliphatic carbocycles. The van der Waals surface area contributed by atoms with Crippen LogP contribution in [0, 0.1) is 5.41 Å². The summed E-state index contributed by atoms with van der Waals surface area (Å²) in [6, 6.07) is 10.4. The highest BCUT2D eigenvalue weighted by Crippen LogP contribution is 2.35. The van der Waals surface area contributed by atoms with E-state index < -0.39 is 5.41 Å². The van der Waals surface area contributed by atoms with Gasteiger partial charge in [0.1, 0.15) is 0 Å². The number of carbonyl (C=O) groups is 1. The number of benzene rings is 1. The molecule has 0 spiro atoms. The molecule has 6 heteroatoms. The molecule has 1 unspecified atom stereocenters. The van der Waals surface area contributed by atoms with E-state index in [0.29, 0.717) is 6.42 Å². The molecule has 156 valence electrons. The lowest BCUT2D eigenvalue weighted by atomic mass is 9.82. The SMILES string of the molecule is CN1CCN(CCCNC(=O)C2(CCO)CCN(Cc3ccccc3)C2)CC1. The van der Waals surface area contributed by atoms with Gasteiger partial charge in [0, 0.05) is 52.4 Å². The van der Waals surface area contributed by atoms with Crippen LogP contribution in [0.15, 0.2) is 30.3 Å². The largest absolute Gasteiger partial charge is 0.396 e. The lowest BCUT2D eigenvalue weighted by Crippen LogP contribution is -2.46. The van der Waals surface area contributed by atoms with Crippen molar-refractivity contribution in [2.45, 2.75) is 25.8 Å². The van der Waals surface area contributed by atoms with E-state index in [4.69, 9.17) is 0 Å². The summed E-state index contributed by atoms with van der Waals surface area (Å²) >= 11 is 0. The Morgan fingerprint density at radius 3 is 2.57 bits per heavy atom. The Bertz CT molecular complexity index is 604. The van der Waals surface area contributed by atoms with Crippen molar-refractivity contribution in [1.29, 1.82) is 0 Å². The summed E-state index contributed by atoms with van der Waals surface area (Å²) in [4.78, 5) is 20.2. The van der Waals surface area contributed by atoms with E-state index in [1.54, 1.807) is 0 Å². The molecule has 2 saturated heterocycles. The maximum atomic E-state index is 13.0. The molecule has 1 atom stereocenters. The van der Waals surface area contributed by atoms with Crippen LogP contribution in [0.5, 0.6) is 0 Å². The number of piperazine rings is 1. The molecular formula is C22H36N4O2. The second kappa shape index (κ2) is 10.3. The van der Waals surface area contributed by atoms with Gasteiger partial charge in [0.05, 0.1) is 5.41 Å². The van der Waals surface area contributed by atoms with Crippen molar-refractivity contribution < 1.29 is 9.90 Å². The van der Waals surface area contributed by atoms with E-state index >= 15 is 0 Å². The molecular weight excluding hydrogens is 352 g/mol. The van der Waals surface area contributed by atoms with Gasteiger partial charge in [-0.2, -0.15) is 0 Å². The van der Waals surface area contributed by atoms with Crippen LogP contribution in [0.25, 0.3) is 0 Å². The highest BCUT2D eigenvalue weighted by molar-refractivity contribution is 5.83. The maximum Gasteiger partial charge on any atom is 0.227 e. The predicted octanol–water partition coefficient (Wildman–Crippen LogP) is 1.01. The van der Waals surface area contributed by atoms with E-state index in [1.165, 1.54) is 5.56 Å². The Labute approximate surface area is 169 Å². The highest BCUT2D eigenvalue weighted by Gasteiger charge is 2.43. The number of rotatable bonds is 9. The zero-order valence-corrected chi connectivity index (χ0v) is 17.3. The van der Waals surface area contributed by atoms with Crippen molar-refractivity contribution in [3.8, 4) is 0 Å². The first-order valence-corrected chi connectivity index (χ1v) is 10.7. The van der Waals surface area contributed by atoms with Gasteiger partial charge in [0.2, 0.25) is 5.91 Å². The number of hydrogen-bond acceptors (Lipinski definition) is 5. The van der Waals surface area contributed by atoms with Crippen molar-refractivity contribution >= 4 is 5.91 Å². The van der Waals surface area contributed by atoms with Crippen LogP contribution in [0.3, 0.4) is 0 Å². The van der Waals surface area contributed by atoms with Crippen LogP contribution in [-0.2, 0) is 11.3 Å². The fraction of sp³-hybridized carbons (Fsp3) is 0.682. The fourth-order valence-corrected chi connectivity index (χ4v) is 4.42. The number of carbonyl (C=O) groups excluding carboxylic acids is 1. The molecule has 2 aliphatic rings. The van der Waals surface area contributed by atoms with Gasteiger partial charge in [-0.3, -0.25) is 9.69 Å². The molecule has 1 amide bonds. The smallest absolute Gasteiger partial charge is 0.227 e. The van der Waals surface area contributed by atoms with Crippen molar-refractivity contribution in [2.75, 3.05) is 66.0 Å². The normalized spacial score (nSPS) is 24.5. The molecule has 3 rings (SSSR count). The summed E-state index contributed by atoms with van der Waals surface area (Å²) in [5.41, 5.74) is 0.826. The first kappa shape index (κ1) is 21.2. The minimum atomic E-state index is -0.447. The van der Waals surface area contributed by atoms with E-state index in [1.807, 2.05) is 6.07 Å². The first-order chi connectivity index (χ1) is 13.6. The second-order valence-electron chi connectivity index (χ2n) is 8.45. The van der Waals surface area contributed by atoms with Gasteiger partial charge in [0.25, 0.3) is 0 Å². The minimum absolute atomic E-state index is 0.0634. The number of nitrogens with one attached hydrogen (secondary N) is 1. The molecule has 0 radical (unpaired) electrons. The molecule has 1 aromatic carbocycles. The van der Waals surface area contributed by atoms with Gasteiger partial charge in [-0.1, -0.05) is 30.3 Å². The van der Waals surface area contributed by atoms with Crippen molar-refractivity contribution in [3.63, 3.8) is 0 Å². The van der Waals surface area contributed by atoms with Gasteiger partial charge < -0.3 is 20.2 Å². The van der Waals surface area contributed by atoms with E-state index in [-0.39, 0.29) is 12.5 Å². The standard InChI is InChI=1S/C22H36N4O2/c1-24-13-15-25(16-14-24)11-5-10-23-21(28)22(9-17-27)8-12-26(19-22)18-20-6-3-2-4-7-20/h2-4,6-7,27H,5,8-19H2,1H3,(H,23,28). The zero-order chi connectivity index (χ0) is 19.8. The van der Waals surface area contributed by atoms with Crippen molar-refractivity contribution in [2.24, 2.45) is 5.41 Å². The number of likely N-dealkylation sites (N-methyl/N-ethyl adjacent to an activating group) is 1. The third-order valence-electron chi connectivity index (χ3n) is 6.29. The lowest BCUT2D eigenvalue weighted by molar-refractivity contribution is -0.131. The van der Waals surface area contributed by atoms with Crippen LogP contribution < -0.4 is 5.32 Å². The maximum absolute atomic E-state index is 13.0. The van der Waals surface area contributed by atoms with Crippen molar-refractivity contribution in [1.82, 2.24) is 20.0 Å². The van der Waals surface area contributed by atoms with E-state index in [9.17, 15) is 9.90 Å². The number of amides is 1. The predicted molar refractivity (Wildman–Crippen MR) is 112 cm³/mol. The molecule has 6 nitrogen and oxygen atoms in total.